The second-order valence-corrected chi connectivity index (χ2v) is 5.36. The van der Waals surface area contributed by atoms with Gasteiger partial charge >= 0.3 is 0 Å². The maximum Gasteiger partial charge on any atom is 0.224 e. The molecule has 0 radical (unpaired) electrons. The van der Waals surface area contributed by atoms with E-state index in [1.807, 2.05) is 61.0 Å². The van der Waals surface area contributed by atoms with Gasteiger partial charge in [-0.05, 0) is 37.3 Å². The first-order valence-electron chi connectivity index (χ1n) is 7.58. The van der Waals surface area contributed by atoms with Gasteiger partial charge in [-0.2, -0.15) is 5.10 Å². The highest BCUT2D eigenvalue weighted by atomic mass is 16.5. The maximum absolute atomic E-state index is 5.33. The summed E-state index contributed by atoms with van der Waals surface area (Å²) in [4.78, 5) is 4.54. The molecule has 0 unspecified atom stereocenters. The number of nitrogens with zero attached hydrogens (tertiary/aromatic N) is 3. The van der Waals surface area contributed by atoms with E-state index in [1.165, 1.54) is 0 Å². The summed E-state index contributed by atoms with van der Waals surface area (Å²) < 4.78 is 12.6. The smallest absolute Gasteiger partial charge is 0.224 e. The normalized spacial score (nSPS) is 11.6. The molecule has 1 heterocycles. The van der Waals surface area contributed by atoms with Gasteiger partial charge in [-0.15, -0.1) is 0 Å². The Morgan fingerprint density at radius 2 is 1.83 bits per heavy atom. The van der Waals surface area contributed by atoms with Gasteiger partial charge in [0.05, 0.1) is 31.0 Å². The molecule has 1 aromatic heterocycles. The lowest BCUT2D eigenvalue weighted by Crippen LogP contribution is -2.04. The molecular weight excluding hydrogens is 304 g/mol. The minimum absolute atomic E-state index is 0.673. The number of hydrazone groups is 1. The molecule has 0 amide bonds. The van der Waals surface area contributed by atoms with E-state index < -0.39 is 0 Å². The van der Waals surface area contributed by atoms with Crippen LogP contribution in [0.3, 0.4) is 0 Å². The van der Waals surface area contributed by atoms with E-state index in [1.54, 1.807) is 14.2 Å². The van der Waals surface area contributed by atoms with E-state index in [0.29, 0.717) is 17.4 Å². The molecule has 24 heavy (non-hydrogen) atoms. The standard InChI is InChI=1S/C18H20N4O2/c1-12(13-9-10-16(23-3)17(11-13)24-4)20-21-18-19-14-7-5-6-8-15(14)22(18)2/h5-11H,1-4H3,(H,19,21)/b20-12+. The second-order valence-electron chi connectivity index (χ2n) is 5.36. The van der Waals surface area contributed by atoms with Crippen LogP contribution in [0.1, 0.15) is 12.5 Å². The third-order valence-corrected chi connectivity index (χ3v) is 3.91. The number of ether oxygens (including phenoxy) is 2. The first kappa shape index (κ1) is 15.9. The summed E-state index contributed by atoms with van der Waals surface area (Å²) in [5.41, 5.74) is 6.79. The molecule has 0 bridgehead atoms. The van der Waals surface area contributed by atoms with Crippen molar-refractivity contribution >= 4 is 22.7 Å². The highest BCUT2D eigenvalue weighted by molar-refractivity contribution is 5.99. The molecule has 0 saturated carbocycles. The lowest BCUT2D eigenvalue weighted by molar-refractivity contribution is 0.355. The van der Waals surface area contributed by atoms with Gasteiger partial charge in [0, 0.05) is 12.6 Å². The average molecular weight is 324 g/mol. The predicted molar refractivity (Wildman–Crippen MR) is 96.1 cm³/mol. The molecule has 0 saturated heterocycles. The topological polar surface area (TPSA) is 60.7 Å². The summed E-state index contributed by atoms with van der Waals surface area (Å²) in [6.45, 7) is 1.93. The van der Waals surface area contributed by atoms with Gasteiger partial charge in [0.2, 0.25) is 5.95 Å². The van der Waals surface area contributed by atoms with Gasteiger partial charge in [0.1, 0.15) is 0 Å². The summed E-state index contributed by atoms with van der Waals surface area (Å²) in [7, 11) is 5.19. The van der Waals surface area contributed by atoms with E-state index in [0.717, 1.165) is 22.3 Å². The minimum atomic E-state index is 0.673. The monoisotopic (exact) mass is 324 g/mol. The number of hydrogen-bond acceptors (Lipinski definition) is 5. The highest BCUT2D eigenvalue weighted by Gasteiger charge is 2.08. The number of rotatable bonds is 5. The van der Waals surface area contributed by atoms with E-state index in [9.17, 15) is 0 Å². The summed E-state index contributed by atoms with van der Waals surface area (Å²) in [5, 5.41) is 4.44. The molecule has 124 valence electrons. The van der Waals surface area contributed by atoms with Crippen molar-refractivity contribution in [1.29, 1.82) is 0 Å². The zero-order valence-corrected chi connectivity index (χ0v) is 14.2. The molecular formula is C18H20N4O2. The van der Waals surface area contributed by atoms with Gasteiger partial charge < -0.3 is 14.0 Å². The van der Waals surface area contributed by atoms with Crippen LogP contribution in [0.15, 0.2) is 47.6 Å². The number of fused-ring (bicyclic) bond motifs is 1. The Hall–Kier alpha value is -3.02. The molecule has 0 fully saturated rings. The Morgan fingerprint density at radius 3 is 2.54 bits per heavy atom. The van der Waals surface area contributed by atoms with Crippen molar-refractivity contribution in [2.24, 2.45) is 12.1 Å². The van der Waals surface area contributed by atoms with Gasteiger partial charge in [-0.1, -0.05) is 12.1 Å². The molecule has 2 aromatic carbocycles. The molecule has 1 N–H and O–H groups in total. The fourth-order valence-electron chi connectivity index (χ4n) is 2.51. The SMILES string of the molecule is COc1ccc(/C(C)=N/Nc2nc3ccccc3n2C)cc1OC. The third kappa shape index (κ3) is 2.90. The lowest BCUT2D eigenvalue weighted by Gasteiger charge is -2.09. The molecule has 0 aliphatic carbocycles. The van der Waals surface area contributed by atoms with Gasteiger partial charge in [0.15, 0.2) is 11.5 Å². The number of benzene rings is 2. The van der Waals surface area contributed by atoms with Gasteiger partial charge in [-0.25, -0.2) is 10.4 Å². The Labute approximate surface area is 140 Å². The van der Waals surface area contributed by atoms with E-state index in [2.05, 4.69) is 15.5 Å². The zero-order chi connectivity index (χ0) is 17.1. The van der Waals surface area contributed by atoms with Crippen LogP contribution in [0.2, 0.25) is 0 Å². The van der Waals surface area contributed by atoms with Crippen molar-refractivity contribution in [3.05, 3.63) is 48.0 Å². The summed E-state index contributed by atoms with van der Waals surface area (Å²) in [5.74, 6) is 2.06. The predicted octanol–water partition coefficient (Wildman–Crippen LogP) is 3.43. The first-order chi connectivity index (χ1) is 11.6. The van der Waals surface area contributed by atoms with Crippen LogP contribution in [0, 0.1) is 0 Å². The average Bonchev–Trinajstić information content (AvgIpc) is 2.95. The molecule has 0 spiro atoms. The van der Waals surface area contributed by atoms with Crippen LogP contribution in [-0.2, 0) is 7.05 Å². The Morgan fingerprint density at radius 1 is 1.08 bits per heavy atom. The van der Waals surface area contributed by atoms with Crippen molar-refractivity contribution < 1.29 is 9.47 Å². The largest absolute Gasteiger partial charge is 0.493 e. The van der Waals surface area contributed by atoms with Crippen molar-refractivity contribution in [1.82, 2.24) is 9.55 Å². The quantitative estimate of drug-likeness (QED) is 0.577. The van der Waals surface area contributed by atoms with Crippen molar-refractivity contribution in [3.63, 3.8) is 0 Å². The van der Waals surface area contributed by atoms with Crippen LogP contribution in [-0.4, -0.2) is 29.5 Å². The number of anilines is 1. The molecule has 0 aliphatic rings. The van der Waals surface area contributed by atoms with Crippen LogP contribution < -0.4 is 14.9 Å². The first-order valence-corrected chi connectivity index (χ1v) is 7.58. The molecule has 3 aromatic rings. The molecule has 3 rings (SSSR count). The molecule has 0 aliphatic heterocycles. The van der Waals surface area contributed by atoms with E-state index in [4.69, 9.17) is 9.47 Å². The maximum atomic E-state index is 5.33. The second kappa shape index (κ2) is 6.62. The fourth-order valence-corrected chi connectivity index (χ4v) is 2.51. The number of hydrogen-bond donors (Lipinski definition) is 1. The number of imidazole rings is 1. The Balaban J connectivity index is 1.86. The summed E-state index contributed by atoms with van der Waals surface area (Å²) in [6.07, 6.45) is 0. The number of aromatic nitrogens is 2. The zero-order valence-electron chi connectivity index (χ0n) is 14.2. The Bertz CT molecular complexity index is 899. The van der Waals surface area contributed by atoms with Crippen LogP contribution in [0.5, 0.6) is 11.5 Å². The third-order valence-electron chi connectivity index (χ3n) is 3.91. The summed E-state index contributed by atoms with van der Waals surface area (Å²) >= 11 is 0. The van der Waals surface area contributed by atoms with Gasteiger partial charge in [0.25, 0.3) is 0 Å². The van der Waals surface area contributed by atoms with Crippen LogP contribution in [0.25, 0.3) is 11.0 Å². The van der Waals surface area contributed by atoms with Crippen molar-refractivity contribution in [2.75, 3.05) is 19.6 Å². The highest BCUT2D eigenvalue weighted by Crippen LogP contribution is 2.27. The van der Waals surface area contributed by atoms with Crippen molar-refractivity contribution in [2.45, 2.75) is 6.92 Å². The van der Waals surface area contributed by atoms with E-state index >= 15 is 0 Å². The van der Waals surface area contributed by atoms with Crippen molar-refractivity contribution in [3.8, 4) is 11.5 Å². The fraction of sp³-hybridized carbons (Fsp3) is 0.222. The number of nitrogens with one attached hydrogen (secondary N) is 1. The number of methoxy groups -OCH3 is 2. The minimum Gasteiger partial charge on any atom is -0.493 e. The molecule has 6 nitrogen and oxygen atoms in total. The van der Waals surface area contributed by atoms with Crippen LogP contribution in [0.4, 0.5) is 5.95 Å². The summed E-state index contributed by atoms with van der Waals surface area (Å²) in [6, 6.07) is 13.7. The van der Waals surface area contributed by atoms with Crippen LogP contribution >= 0.6 is 0 Å². The number of aryl methyl sites for hydroxylation is 1. The lowest BCUT2D eigenvalue weighted by atomic mass is 10.1. The number of para-hydroxylation sites is 2. The van der Waals surface area contributed by atoms with E-state index in [-0.39, 0.29) is 0 Å². The molecule has 6 heteroatoms. The van der Waals surface area contributed by atoms with Gasteiger partial charge in [-0.3, -0.25) is 0 Å². The molecule has 0 atom stereocenters. The Kier molecular flexibility index (Phi) is 4.37.